The van der Waals surface area contributed by atoms with Crippen LogP contribution in [-0.4, -0.2) is 32.2 Å². The summed E-state index contributed by atoms with van der Waals surface area (Å²) in [4.78, 5) is 12.0. The molecule has 0 radical (unpaired) electrons. The Hall–Kier alpha value is -1.39. The summed E-state index contributed by atoms with van der Waals surface area (Å²) in [6.45, 7) is 2.13. The van der Waals surface area contributed by atoms with Gasteiger partial charge in [0.05, 0.1) is 6.04 Å². The van der Waals surface area contributed by atoms with Crippen molar-refractivity contribution in [3.63, 3.8) is 0 Å². The fourth-order valence-electron chi connectivity index (χ4n) is 2.19. The number of benzene rings is 1. The Morgan fingerprint density at radius 2 is 2.22 bits per heavy atom. The second-order valence-electron chi connectivity index (χ2n) is 4.54. The van der Waals surface area contributed by atoms with Gasteiger partial charge < -0.3 is 15.4 Å². The molecule has 1 aromatic rings. The molecule has 4 heteroatoms. The van der Waals surface area contributed by atoms with Crippen molar-refractivity contribution in [3.05, 3.63) is 35.4 Å². The Morgan fingerprint density at radius 3 is 3.00 bits per heavy atom. The van der Waals surface area contributed by atoms with Gasteiger partial charge in [0.15, 0.2) is 0 Å². The fraction of sp³-hybridized carbons (Fsp3) is 0.500. The normalized spacial score (nSPS) is 18.2. The van der Waals surface area contributed by atoms with E-state index in [-0.39, 0.29) is 11.9 Å². The molecule has 2 rings (SSSR count). The molecule has 2 N–H and O–H groups in total. The van der Waals surface area contributed by atoms with Crippen LogP contribution in [0.15, 0.2) is 24.3 Å². The molecule has 0 bridgehead atoms. The maximum atomic E-state index is 12.0. The van der Waals surface area contributed by atoms with Gasteiger partial charge in [-0.3, -0.25) is 4.79 Å². The van der Waals surface area contributed by atoms with E-state index in [1.807, 2.05) is 12.1 Å². The van der Waals surface area contributed by atoms with Gasteiger partial charge in [-0.2, -0.15) is 0 Å². The molecule has 0 saturated carbocycles. The molecular formula is C14H20N2O2. The first kappa shape index (κ1) is 13.1. The van der Waals surface area contributed by atoms with Crippen molar-refractivity contribution in [2.45, 2.75) is 25.4 Å². The van der Waals surface area contributed by atoms with Gasteiger partial charge in [0.1, 0.15) is 0 Å². The highest BCUT2D eigenvalue weighted by Gasteiger charge is 2.23. The minimum absolute atomic E-state index is 0.0839. The van der Waals surface area contributed by atoms with E-state index in [9.17, 15) is 4.79 Å². The summed E-state index contributed by atoms with van der Waals surface area (Å²) in [5.74, 6) is 0.0839. The van der Waals surface area contributed by atoms with Crippen LogP contribution in [0.4, 0.5) is 0 Å². The van der Waals surface area contributed by atoms with Crippen LogP contribution in [-0.2, 0) is 22.5 Å². The molecular weight excluding hydrogens is 228 g/mol. The summed E-state index contributed by atoms with van der Waals surface area (Å²) >= 11 is 0. The first-order valence-electron chi connectivity index (χ1n) is 6.38. The number of ether oxygens (including phenoxy) is 1. The largest absolute Gasteiger partial charge is 0.385 e. The topological polar surface area (TPSA) is 50.4 Å². The van der Waals surface area contributed by atoms with E-state index in [1.54, 1.807) is 7.11 Å². The summed E-state index contributed by atoms with van der Waals surface area (Å²) in [5, 5.41) is 6.21. The minimum atomic E-state index is -0.109. The van der Waals surface area contributed by atoms with Gasteiger partial charge in [-0.25, -0.2) is 0 Å². The van der Waals surface area contributed by atoms with Crippen molar-refractivity contribution in [1.29, 1.82) is 0 Å². The Bertz CT molecular complexity index is 407. The molecule has 0 saturated heterocycles. The van der Waals surface area contributed by atoms with E-state index >= 15 is 0 Å². The third-order valence-electron chi connectivity index (χ3n) is 3.22. The third-order valence-corrected chi connectivity index (χ3v) is 3.22. The number of nitrogens with one attached hydrogen (secondary N) is 2. The van der Waals surface area contributed by atoms with Crippen LogP contribution in [0.2, 0.25) is 0 Å². The molecule has 18 heavy (non-hydrogen) atoms. The molecule has 1 unspecified atom stereocenters. The van der Waals surface area contributed by atoms with Crippen LogP contribution in [0.3, 0.4) is 0 Å². The third kappa shape index (κ3) is 3.31. The molecule has 4 nitrogen and oxygen atoms in total. The van der Waals surface area contributed by atoms with Crippen molar-refractivity contribution in [3.8, 4) is 0 Å². The summed E-state index contributed by atoms with van der Waals surface area (Å²) in [5.41, 5.74) is 2.56. The number of rotatable bonds is 5. The lowest BCUT2D eigenvalue weighted by atomic mass is 9.95. The van der Waals surface area contributed by atoms with E-state index < -0.39 is 0 Å². The van der Waals surface area contributed by atoms with Crippen molar-refractivity contribution in [2.75, 3.05) is 20.3 Å². The molecule has 0 fully saturated rings. The van der Waals surface area contributed by atoms with Crippen molar-refractivity contribution >= 4 is 5.91 Å². The highest BCUT2D eigenvalue weighted by Crippen LogP contribution is 2.16. The van der Waals surface area contributed by atoms with Crippen LogP contribution in [0.25, 0.3) is 0 Å². The maximum Gasteiger partial charge on any atom is 0.237 e. The van der Waals surface area contributed by atoms with E-state index in [2.05, 4.69) is 22.8 Å². The molecule has 98 valence electrons. The highest BCUT2D eigenvalue weighted by molar-refractivity contribution is 5.82. The number of fused-ring (bicyclic) bond motifs is 1. The first-order valence-corrected chi connectivity index (χ1v) is 6.38. The minimum Gasteiger partial charge on any atom is -0.385 e. The van der Waals surface area contributed by atoms with Crippen molar-refractivity contribution < 1.29 is 9.53 Å². The van der Waals surface area contributed by atoms with Gasteiger partial charge >= 0.3 is 0 Å². The molecule has 1 aliphatic rings. The number of hydrogen-bond acceptors (Lipinski definition) is 3. The molecule has 0 spiro atoms. The zero-order valence-corrected chi connectivity index (χ0v) is 10.7. The zero-order chi connectivity index (χ0) is 12.8. The monoisotopic (exact) mass is 248 g/mol. The summed E-state index contributed by atoms with van der Waals surface area (Å²) in [6, 6.07) is 8.15. The lowest BCUT2D eigenvalue weighted by Gasteiger charge is -2.25. The van der Waals surface area contributed by atoms with E-state index in [4.69, 9.17) is 4.74 Å². The highest BCUT2D eigenvalue weighted by atomic mass is 16.5. The van der Waals surface area contributed by atoms with E-state index in [1.165, 1.54) is 11.1 Å². The first-order chi connectivity index (χ1) is 8.81. The SMILES string of the molecule is COCCCNC(=O)C1Cc2ccccc2CN1. The second kappa shape index (κ2) is 6.52. The van der Waals surface area contributed by atoms with Crippen LogP contribution < -0.4 is 10.6 Å². The Balaban J connectivity index is 1.83. The maximum absolute atomic E-state index is 12.0. The van der Waals surface area contributed by atoms with Gasteiger partial charge in [0, 0.05) is 26.8 Å². The second-order valence-corrected chi connectivity index (χ2v) is 4.54. The molecule has 1 amide bonds. The standard InChI is InChI=1S/C14H20N2O2/c1-18-8-4-7-15-14(17)13-9-11-5-2-3-6-12(11)10-16-13/h2-3,5-6,13,16H,4,7-10H2,1H3,(H,15,17). The van der Waals surface area contributed by atoms with Crippen LogP contribution in [0.5, 0.6) is 0 Å². The molecule has 0 aliphatic carbocycles. The number of carbonyl (C=O) groups is 1. The van der Waals surface area contributed by atoms with Gasteiger partial charge in [-0.15, -0.1) is 0 Å². The van der Waals surface area contributed by atoms with Crippen LogP contribution in [0, 0.1) is 0 Å². The lowest BCUT2D eigenvalue weighted by molar-refractivity contribution is -0.123. The molecule has 1 aliphatic heterocycles. The van der Waals surface area contributed by atoms with Crippen molar-refractivity contribution in [1.82, 2.24) is 10.6 Å². The van der Waals surface area contributed by atoms with Gasteiger partial charge in [-0.05, 0) is 24.0 Å². The summed E-state index contributed by atoms with van der Waals surface area (Å²) in [7, 11) is 1.67. The Kier molecular flexibility index (Phi) is 4.73. The van der Waals surface area contributed by atoms with Gasteiger partial charge in [0.2, 0.25) is 5.91 Å². The number of methoxy groups -OCH3 is 1. The van der Waals surface area contributed by atoms with Gasteiger partial charge in [-0.1, -0.05) is 24.3 Å². The Labute approximate surface area is 108 Å². The summed E-state index contributed by atoms with van der Waals surface area (Å²) < 4.78 is 4.95. The molecule has 1 atom stereocenters. The summed E-state index contributed by atoms with van der Waals surface area (Å²) in [6.07, 6.45) is 1.62. The molecule has 0 aromatic heterocycles. The van der Waals surface area contributed by atoms with E-state index in [0.717, 1.165) is 19.4 Å². The lowest BCUT2D eigenvalue weighted by Crippen LogP contribution is -2.47. The smallest absolute Gasteiger partial charge is 0.237 e. The molecule has 1 aromatic carbocycles. The fourth-order valence-corrected chi connectivity index (χ4v) is 2.19. The van der Waals surface area contributed by atoms with Crippen molar-refractivity contribution in [2.24, 2.45) is 0 Å². The number of carbonyl (C=O) groups excluding carboxylic acids is 1. The Morgan fingerprint density at radius 1 is 1.44 bits per heavy atom. The quantitative estimate of drug-likeness (QED) is 0.760. The average Bonchev–Trinajstić information content (AvgIpc) is 2.43. The predicted molar refractivity (Wildman–Crippen MR) is 70.3 cm³/mol. The van der Waals surface area contributed by atoms with E-state index in [0.29, 0.717) is 13.2 Å². The predicted octanol–water partition coefficient (Wildman–Crippen LogP) is 0.854. The van der Waals surface area contributed by atoms with Crippen LogP contribution >= 0.6 is 0 Å². The molecule has 1 heterocycles. The van der Waals surface area contributed by atoms with Gasteiger partial charge in [0.25, 0.3) is 0 Å². The zero-order valence-electron chi connectivity index (χ0n) is 10.7. The van der Waals surface area contributed by atoms with Crippen LogP contribution in [0.1, 0.15) is 17.5 Å². The average molecular weight is 248 g/mol. The number of amides is 1. The number of hydrogen-bond donors (Lipinski definition) is 2.